The molecule has 2 atom stereocenters. The average molecular weight is 325 g/mol. The molecule has 2 nitrogen and oxygen atoms in total. The van der Waals surface area contributed by atoms with E-state index in [1.807, 2.05) is 0 Å². The van der Waals surface area contributed by atoms with Gasteiger partial charge in [-0.3, -0.25) is 9.80 Å². The zero-order valence-electron chi connectivity index (χ0n) is 15.8. The van der Waals surface area contributed by atoms with E-state index in [9.17, 15) is 4.39 Å². The molecule has 0 N–H and O–H groups in total. The van der Waals surface area contributed by atoms with Crippen LogP contribution in [0.2, 0.25) is 0 Å². The Morgan fingerprint density at radius 3 is 1.70 bits per heavy atom. The summed E-state index contributed by atoms with van der Waals surface area (Å²) in [6.45, 7) is 13.8. The van der Waals surface area contributed by atoms with Crippen molar-refractivity contribution in [3.8, 4) is 0 Å². The van der Waals surface area contributed by atoms with Crippen molar-refractivity contribution in [2.24, 2.45) is 11.8 Å². The molecule has 0 spiro atoms. The number of hydrogen-bond donors (Lipinski definition) is 0. The molecule has 0 aliphatic carbocycles. The van der Waals surface area contributed by atoms with E-state index in [2.05, 4.69) is 37.5 Å². The van der Waals surface area contributed by atoms with Gasteiger partial charge < -0.3 is 0 Å². The lowest BCUT2D eigenvalue weighted by molar-refractivity contribution is 0.136. The molecule has 4 aliphatic rings. The lowest BCUT2D eigenvalue weighted by atomic mass is 9.82. The third-order valence-electron chi connectivity index (χ3n) is 7.52. The highest BCUT2D eigenvalue weighted by Crippen LogP contribution is 2.45. The van der Waals surface area contributed by atoms with Crippen molar-refractivity contribution in [1.82, 2.24) is 9.80 Å². The highest BCUT2D eigenvalue weighted by Gasteiger charge is 2.50. The monoisotopic (exact) mass is 324 g/mol. The Hall–Kier alpha value is -0.150. The summed E-state index contributed by atoms with van der Waals surface area (Å²) in [4.78, 5) is 5.11. The summed E-state index contributed by atoms with van der Waals surface area (Å²) < 4.78 is 13.2. The van der Waals surface area contributed by atoms with Gasteiger partial charge in [0.15, 0.2) is 0 Å². The van der Waals surface area contributed by atoms with Crippen LogP contribution in [-0.2, 0) is 0 Å². The van der Waals surface area contributed by atoms with E-state index < -0.39 is 6.17 Å². The summed E-state index contributed by atoms with van der Waals surface area (Å²) >= 11 is 0. The molecule has 0 radical (unpaired) electrons. The van der Waals surface area contributed by atoms with Gasteiger partial charge in [0.1, 0.15) is 6.17 Å². The maximum Gasteiger partial charge on any atom is 0.115 e. The Morgan fingerprint density at radius 1 is 0.783 bits per heavy atom. The van der Waals surface area contributed by atoms with Gasteiger partial charge in [0.05, 0.1) is 0 Å². The molecule has 2 unspecified atom stereocenters. The van der Waals surface area contributed by atoms with Crippen LogP contribution >= 0.6 is 0 Å². The minimum Gasteiger partial charge on any atom is -0.297 e. The van der Waals surface area contributed by atoms with E-state index in [0.717, 1.165) is 18.9 Å². The van der Waals surface area contributed by atoms with Crippen LogP contribution in [0.25, 0.3) is 0 Å². The zero-order valence-corrected chi connectivity index (χ0v) is 15.8. The van der Waals surface area contributed by atoms with Crippen LogP contribution in [-0.4, -0.2) is 53.2 Å². The van der Waals surface area contributed by atoms with E-state index in [1.54, 1.807) is 0 Å². The second-order valence-electron chi connectivity index (χ2n) is 9.06. The number of halogens is 1. The normalized spacial score (nSPS) is 36.4. The predicted octanol–water partition coefficient (Wildman–Crippen LogP) is 4.49. The maximum absolute atomic E-state index is 13.2. The van der Waals surface area contributed by atoms with Crippen LogP contribution in [0.3, 0.4) is 0 Å². The molecular formula is C20H37FN2. The van der Waals surface area contributed by atoms with E-state index in [0.29, 0.717) is 18.0 Å². The molecule has 4 aliphatic heterocycles. The van der Waals surface area contributed by atoms with Crippen LogP contribution in [0.15, 0.2) is 0 Å². The molecule has 0 amide bonds. The molecule has 0 saturated carbocycles. The SMILES string of the molecule is CC(C)C12CCCN1CC(F)C2.CC(C)C12CCCN1CCC2. The van der Waals surface area contributed by atoms with Crippen LogP contribution in [0.5, 0.6) is 0 Å². The largest absolute Gasteiger partial charge is 0.297 e. The van der Waals surface area contributed by atoms with Gasteiger partial charge in [0.2, 0.25) is 0 Å². The van der Waals surface area contributed by atoms with Crippen molar-refractivity contribution >= 4 is 0 Å². The Bertz CT molecular complexity index is 398. The third kappa shape index (κ3) is 2.97. The molecule has 0 aromatic carbocycles. The van der Waals surface area contributed by atoms with Crippen molar-refractivity contribution < 1.29 is 4.39 Å². The summed E-state index contributed by atoms with van der Waals surface area (Å²) in [5.74, 6) is 1.48. The first-order valence-corrected chi connectivity index (χ1v) is 10.0. The van der Waals surface area contributed by atoms with Crippen molar-refractivity contribution in [2.75, 3.05) is 26.2 Å². The van der Waals surface area contributed by atoms with Crippen molar-refractivity contribution in [1.29, 1.82) is 0 Å². The maximum atomic E-state index is 13.2. The van der Waals surface area contributed by atoms with Gasteiger partial charge in [0.25, 0.3) is 0 Å². The minimum atomic E-state index is -0.562. The van der Waals surface area contributed by atoms with Gasteiger partial charge >= 0.3 is 0 Å². The zero-order chi connectivity index (χ0) is 16.7. The lowest BCUT2D eigenvalue weighted by Crippen LogP contribution is -2.42. The Labute approximate surface area is 142 Å². The molecule has 0 aromatic rings. The second kappa shape index (κ2) is 6.63. The van der Waals surface area contributed by atoms with Gasteiger partial charge in [-0.2, -0.15) is 0 Å². The average Bonchev–Trinajstić information content (AvgIpc) is 3.15. The van der Waals surface area contributed by atoms with Crippen LogP contribution < -0.4 is 0 Å². The fourth-order valence-electron chi connectivity index (χ4n) is 6.13. The fourth-order valence-corrected chi connectivity index (χ4v) is 6.13. The Morgan fingerprint density at radius 2 is 1.26 bits per heavy atom. The first kappa shape index (κ1) is 17.7. The number of rotatable bonds is 2. The number of nitrogens with zero attached hydrogens (tertiary/aromatic N) is 2. The molecule has 4 saturated heterocycles. The molecule has 23 heavy (non-hydrogen) atoms. The van der Waals surface area contributed by atoms with E-state index >= 15 is 0 Å². The van der Waals surface area contributed by atoms with E-state index in [4.69, 9.17) is 0 Å². The molecule has 4 heterocycles. The van der Waals surface area contributed by atoms with Gasteiger partial charge in [-0.15, -0.1) is 0 Å². The summed E-state index contributed by atoms with van der Waals surface area (Å²) in [5.41, 5.74) is 0.874. The molecule has 134 valence electrons. The number of hydrogen-bond acceptors (Lipinski definition) is 2. The van der Waals surface area contributed by atoms with Crippen molar-refractivity contribution in [3.63, 3.8) is 0 Å². The number of fused-ring (bicyclic) bond motifs is 2. The predicted molar refractivity (Wildman–Crippen MR) is 95.5 cm³/mol. The second-order valence-corrected chi connectivity index (χ2v) is 9.06. The van der Waals surface area contributed by atoms with E-state index in [1.165, 1.54) is 51.6 Å². The standard InChI is InChI=1S/C10H18FN.C10H19N/c1-8(2)10-4-3-5-12(10)7-9(11)6-10;1-9(2)10-5-3-7-11(10)8-4-6-10/h8-9H,3-7H2,1-2H3;9H,3-8H2,1-2H3. The smallest absolute Gasteiger partial charge is 0.115 e. The highest BCUT2D eigenvalue weighted by atomic mass is 19.1. The lowest BCUT2D eigenvalue weighted by Gasteiger charge is -2.36. The summed E-state index contributed by atoms with van der Waals surface area (Å²) in [6.07, 6.45) is 8.51. The summed E-state index contributed by atoms with van der Waals surface area (Å²) in [6, 6.07) is 0. The van der Waals surface area contributed by atoms with Crippen LogP contribution in [0.1, 0.15) is 72.6 Å². The van der Waals surface area contributed by atoms with Gasteiger partial charge in [-0.25, -0.2) is 4.39 Å². The fraction of sp³-hybridized carbons (Fsp3) is 1.00. The van der Waals surface area contributed by atoms with Crippen LogP contribution in [0, 0.1) is 11.8 Å². The topological polar surface area (TPSA) is 6.48 Å². The minimum absolute atomic E-state index is 0.236. The molecular weight excluding hydrogens is 287 g/mol. The van der Waals surface area contributed by atoms with Gasteiger partial charge in [-0.05, 0) is 76.4 Å². The summed E-state index contributed by atoms with van der Waals surface area (Å²) in [7, 11) is 0. The van der Waals surface area contributed by atoms with Crippen molar-refractivity contribution in [2.45, 2.75) is 89.9 Å². The molecule has 4 rings (SSSR count). The quantitative estimate of drug-likeness (QED) is 0.738. The van der Waals surface area contributed by atoms with Gasteiger partial charge in [-0.1, -0.05) is 27.7 Å². The van der Waals surface area contributed by atoms with Crippen LogP contribution in [0.4, 0.5) is 4.39 Å². The summed E-state index contributed by atoms with van der Waals surface area (Å²) in [5, 5.41) is 0. The van der Waals surface area contributed by atoms with Gasteiger partial charge in [0, 0.05) is 17.6 Å². The van der Waals surface area contributed by atoms with E-state index in [-0.39, 0.29) is 5.54 Å². The highest BCUT2D eigenvalue weighted by molar-refractivity contribution is 5.05. The molecule has 0 aromatic heterocycles. The first-order chi connectivity index (χ1) is 10.9. The first-order valence-electron chi connectivity index (χ1n) is 10.0. The molecule has 3 heteroatoms. The number of alkyl halides is 1. The molecule has 4 fully saturated rings. The Kier molecular flexibility index (Phi) is 5.09. The van der Waals surface area contributed by atoms with Crippen molar-refractivity contribution in [3.05, 3.63) is 0 Å². The molecule has 0 bridgehead atoms. The Balaban J connectivity index is 0.000000136. The third-order valence-corrected chi connectivity index (χ3v) is 7.52.